The summed E-state index contributed by atoms with van der Waals surface area (Å²) in [5, 5.41) is 8.90. The van der Waals surface area contributed by atoms with Crippen molar-refractivity contribution < 1.29 is 0 Å². The standard InChI is InChI=1S/C21H29N/c1-16-2-4-17(5-3-16)14-18-6-10-20(11-7-18)21-12-8-19(15-22)9-13-21/h8-9,12-13,16-18,20H,2-7,10-11,14H2,1H3. The van der Waals surface area contributed by atoms with Crippen molar-refractivity contribution in [1.82, 2.24) is 0 Å². The van der Waals surface area contributed by atoms with Crippen LogP contribution in [0.25, 0.3) is 0 Å². The maximum absolute atomic E-state index is 8.90. The number of benzene rings is 1. The summed E-state index contributed by atoms with van der Waals surface area (Å²) in [6.45, 7) is 2.42. The topological polar surface area (TPSA) is 23.8 Å². The van der Waals surface area contributed by atoms with Gasteiger partial charge < -0.3 is 0 Å². The normalized spacial score (nSPS) is 32.4. The van der Waals surface area contributed by atoms with Gasteiger partial charge in [-0.2, -0.15) is 5.26 Å². The van der Waals surface area contributed by atoms with Crippen LogP contribution in [0.4, 0.5) is 0 Å². The highest BCUT2D eigenvalue weighted by atomic mass is 14.3. The Morgan fingerprint density at radius 1 is 0.864 bits per heavy atom. The van der Waals surface area contributed by atoms with Crippen molar-refractivity contribution in [2.45, 2.75) is 70.6 Å². The molecule has 0 radical (unpaired) electrons. The van der Waals surface area contributed by atoms with Crippen LogP contribution in [-0.4, -0.2) is 0 Å². The van der Waals surface area contributed by atoms with Gasteiger partial charge in [-0.15, -0.1) is 0 Å². The van der Waals surface area contributed by atoms with Crippen molar-refractivity contribution in [2.75, 3.05) is 0 Å². The summed E-state index contributed by atoms with van der Waals surface area (Å²) in [6.07, 6.45) is 12.9. The molecule has 0 spiro atoms. The van der Waals surface area contributed by atoms with Crippen LogP contribution < -0.4 is 0 Å². The van der Waals surface area contributed by atoms with E-state index in [1.165, 1.54) is 63.4 Å². The zero-order valence-corrected chi connectivity index (χ0v) is 13.9. The predicted octanol–water partition coefficient (Wildman–Crippen LogP) is 6.05. The third-order valence-corrected chi connectivity index (χ3v) is 6.16. The van der Waals surface area contributed by atoms with Gasteiger partial charge in [0.15, 0.2) is 0 Å². The second-order valence-electron chi connectivity index (χ2n) is 7.81. The summed E-state index contributed by atoms with van der Waals surface area (Å²) in [5.41, 5.74) is 2.23. The van der Waals surface area contributed by atoms with Gasteiger partial charge in [0, 0.05) is 0 Å². The molecular formula is C21H29N. The molecule has 118 valence electrons. The van der Waals surface area contributed by atoms with E-state index in [4.69, 9.17) is 5.26 Å². The van der Waals surface area contributed by atoms with Crippen LogP contribution in [0.15, 0.2) is 24.3 Å². The molecule has 2 saturated carbocycles. The molecule has 0 aliphatic heterocycles. The zero-order valence-electron chi connectivity index (χ0n) is 13.9. The lowest BCUT2D eigenvalue weighted by Gasteiger charge is -2.33. The Balaban J connectivity index is 1.46. The van der Waals surface area contributed by atoms with E-state index in [1.54, 1.807) is 0 Å². The molecule has 1 nitrogen and oxygen atoms in total. The number of rotatable bonds is 3. The van der Waals surface area contributed by atoms with Gasteiger partial charge in [-0.25, -0.2) is 0 Å². The molecule has 0 unspecified atom stereocenters. The lowest BCUT2D eigenvalue weighted by atomic mass is 9.72. The van der Waals surface area contributed by atoms with Gasteiger partial charge in [-0.1, -0.05) is 44.7 Å². The van der Waals surface area contributed by atoms with Crippen molar-refractivity contribution >= 4 is 0 Å². The van der Waals surface area contributed by atoms with Gasteiger partial charge in [0.1, 0.15) is 0 Å². The molecule has 1 aromatic carbocycles. The highest BCUT2D eigenvalue weighted by Crippen LogP contribution is 2.41. The Morgan fingerprint density at radius 3 is 1.95 bits per heavy atom. The second kappa shape index (κ2) is 7.32. The average Bonchev–Trinajstić information content (AvgIpc) is 2.58. The molecule has 0 atom stereocenters. The van der Waals surface area contributed by atoms with Crippen LogP contribution in [0.5, 0.6) is 0 Å². The molecule has 2 aliphatic carbocycles. The van der Waals surface area contributed by atoms with Crippen LogP contribution >= 0.6 is 0 Å². The van der Waals surface area contributed by atoms with Crippen LogP contribution in [0.3, 0.4) is 0 Å². The SMILES string of the molecule is CC1CCC(CC2CCC(c3ccc(C#N)cc3)CC2)CC1. The lowest BCUT2D eigenvalue weighted by molar-refractivity contribution is 0.211. The van der Waals surface area contributed by atoms with Gasteiger partial charge in [0.25, 0.3) is 0 Å². The summed E-state index contributed by atoms with van der Waals surface area (Å²) in [5.74, 6) is 3.71. The Hall–Kier alpha value is -1.29. The molecule has 0 amide bonds. The van der Waals surface area contributed by atoms with Gasteiger partial charge in [-0.05, 0) is 73.5 Å². The molecular weight excluding hydrogens is 266 g/mol. The van der Waals surface area contributed by atoms with E-state index < -0.39 is 0 Å². The molecule has 0 saturated heterocycles. The fourth-order valence-corrected chi connectivity index (χ4v) is 4.60. The van der Waals surface area contributed by atoms with Gasteiger partial charge in [0.05, 0.1) is 11.6 Å². The van der Waals surface area contributed by atoms with E-state index in [9.17, 15) is 0 Å². The zero-order chi connectivity index (χ0) is 15.4. The molecule has 0 N–H and O–H groups in total. The number of nitriles is 1. The van der Waals surface area contributed by atoms with E-state index >= 15 is 0 Å². The highest BCUT2D eigenvalue weighted by molar-refractivity contribution is 5.33. The van der Waals surface area contributed by atoms with Gasteiger partial charge in [0.2, 0.25) is 0 Å². The minimum atomic E-state index is 0.732. The smallest absolute Gasteiger partial charge is 0.0991 e. The van der Waals surface area contributed by atoms with E-state index in [-0.39, 0.29) is 0 Å². The largest absolute Gasteiger partial charge is 0.192 e. The minimum Gasteiger partial charge on any atom is -0.192 e. The first kappa shape index (κ1) is 15.6. The monoisotopic (exact) mass is 295 g/mol. The quantitative estimate of drug-likeness (QED) is 0.666. The van der Waals surface area contributed by atoms with E-state index in [2.05, 4.69) is 25.1 Å². The fraction of sp³-hybridized carbons (Fsp3) is 0.667. The maximum atomic E-state index is 8.90. The third-order valence-electron chi connectivity index (χ3n) is 6.16. The highest BCUT2D eigenvalue weighted by Gasteiger charge is 2.26. The Labute approximate surface area is 135 Å². The third kappa shape index (κ3) is 3.92. The average molecular weight is 295 g/mol. The van der Waals surface area contributed by atoms with Crippen molar-refractivity contribution in [2.24, 2.45) is 17.8 Å². The van der Waals surface area contributed by atoms with Crippen LogP contribution in [0, 0.1) is 29.1 Å². The number of hydrogen-bond donors (Lipinski definition) is 0. The van der Waals surface area contributed by atoms with E-state index in [1.807, 2.05) is 12.1 Å². The van der Waals surface area contributed by atoms with E-state index in [0.717, 1.165) is 29.2 Å². The molecule has 0 bridgehead atoms. The van der Waals surface area contributed by atoms with Crippen LogP contribution in [-0.2, 0) is 0 Å². The lowest BCUT2D eigenvalue weighted by Crippen LogP contribution is -2.19. The van der Waals surface area contributed by atoms with Crippen molar-refractivity contribution in [3.63, 3.8) is 0 Å². The first-order valence-corrected chi connectivity index (χ1v) is 9.24. The number of hydrogen-bond acceptors (Lipinski definition) is 1. The Kier molecular flexibility index (Phi) is 5.19. The van der Waals surface area contributed by atoms with Crippen molar-refractivity contribution in [3.05, 3.63) is 35.4 Å². The van der Waals surface area contributed by atoms with E-state index in [0.29, 0.717) is 0 Å². The van der Waals surface area contributed by atoms with Crippen molar-refractivity contribution in [1.29, 1.82) is 5.26 Å². The summed E-state index contributed by atoms with van der Waals surface area (Å²) in [6, 6.07) is 10.5. The van der Waals surface area contributed by atoms with Gasteiger partial charge >= 0.3 is 0 Å². The van der Waals surface area contributed by atoms with Gasteiger partial charge in [-0.3, -0.25) is 0 Å². The number of nitrogens with zero attached hydrogens (tertiary/aromatic N) is 1. The maximum Gasteiger partial charge on any atom is 0.0991 e. The van der Waals surface area contributed by atoms with Crippen LogP contribution in [0.2, 0.25) is 0 Å². The predicted molar refractivity (Wildman–Crippen MR) is 91.6 cm³/mol. The fourth-order valence-electron chi connectivity index (χ4n) is 4.60. The molecule has 2 fully saturated rings. The Morgan fingerprint density at radius 2 is 1.41 bits per heavy atom. The molecule has 22 heavy (non-hydrogen) atoms. The molecule has 3 rings (SSSR count). The molecule has 1 heteroatoms. The second-order valence-corrected chi connectivity index (χ2v) is 7.81. The summed E-state index contributed by atoms with van der Waals surface area (Å²) in [4.78, 5) is 0. The molecule has 0 aromatic heterocycles. The molecule has 2 aliphatic rings. The molecule has 1 aromatic rings. The first-order valence-electron chi connectivity index (χ1n) is 9.24. The first-order chi connectivity index (χ1) is 10.7. The Bertz CT molecular complexity index is 494. The molecule has 0 heterocycles. The summed E-state index contributed by atoms with van der Waals surface area (Å²) < 4.78 is 0. The summed E-state index contributed by atoms with van der Waals surface area (Å²) >= 11 is 0. The van der Waals surface area contributed by atoms with Crippen molar-refractivity contribution in [3.8, 4) is 6.07 Å². The van der Waals surface area contributed by atoms with Crippen LogP contribution in [0.1, 0.15) is 81.8 Å². The summed E-state index contributed by atoms with van der Waals surface area (Å²) in [7, 11) is 0. The minimum absolute atomic E-state index is 0.732.